The van der Waals surface area contributed by atoms with Crippen molar-refractivity contribution in [3.05, 3.63) is 57.8 Å². The largest absolute Gasteiger partial charge is 0.486 e. The average Bonchev–Trinajstić information content (AvgIpc) is 3.11. The van der Waals surface area contributed by atoms with Crippen molar-refractivity contribution in [3.8, 4) is 23.0 Å². The fourth-order valence-corrected chi connectivity index (χ4v) is 2.82. The smallest absolute Gasteiger partial charge is 0.250 e. The lowest BCUT2D eigenvalue weighted by molar-refractivity contribution is 0.171. The van der Waals surface area contributed by atoms with E-state index in [9.17, 15) is 4.79 Å². The van der Waals surface area contributed by atoms with E-state index in [-0.39, 0.29) is 5.56 Å². The van der Waals surface area contributed by atoms with E-state index < -0.39 is 0 Å². The minimum absolute atomic E-state index is 0.149. The Morgan fingerprint density at radius 3 is 2.92 bits per heavy atom. The zero-order chi connectivity index (χ0) is 16.5. The van der Waals surface area contributed by atoms with Crippen molar-refractivity contribution >= 4 is 11.6 Å². The van der Waals surface area contributed by atoms with Crippen LogP contribution in [0.2, 0.25) is 5.02 Å². The molecular formula is C16H12ClN3O4. The Morgan fingerprint density at radius 2 is 2.08 bits per heavy atom. The zero-order valence-electron chi connectivity index (χ0n) is 12.4. The number of hydrogen-bond donors (Lipinski definition) is 0. The first-order valence-corrected chi connectivity index (χ1v) is 7.63. The summed E-state index contributed by atoms with van der Waals surface area (Å²) in [6.45, 7) is 1.27. The molecule has 7 nitrogen and oxygen atoms in total. The lowest BCUT2D eigenvalue weighted by atomic mass is 10.2. The summed E-state index contributed by atoms with van der Waals surface area (Å²) in [5.41, 5.74) is 1.34. The van der Waals surface area contributed by atoms with Crippen molar-refractivity contribution in [1.29, 1.82) is 0 Å². The normalized spacial score (nSPS) is 13.0. The van der Waals surface area contributed by atoms with Gasteiger partial charge >= 0.3 is 0 Å². The molecule has 3 heterocycles. The quantitative estimate of drug-likeness (QED) is 0.725. The molecule has 0 aliphatic carbocycles. The van der Waals surface area contributed by atoms with Crippen LogP contribution in [0.4, 0.5) is 0 Å². The minimum atomic E-state index is -0.149. The molecular weight excluding hydrogens is 334 g/mol. The van der Waals surface area contributed by atoms with Gasteiger partial charge in [-0.2, -0.15) is 0 Å². The molecule has 0 saturated carbocycles. The number of benzene rings is 1. The second kappa shape index (κ2) is 6.01. The minimum Gasteiger partial charge on any atom is -0.486 e. The van der Waals surface area contributed by atoms with Crippen molar-refractivity contribution in [2.45, 2.75) is 6.54 Å². The predicted molar refractivity (Wildman–Crippen MR) is 85.5 cm³/mol. The number of pyridine rings is 1. The van der Waals surface area contributed by atoms with Crippen LogP contribution in [0.1, 0.15) is 5.56 Å². The van der Waals surface area contributed by atoms with Gasteiger partial charge in [-0.05, 0) is 23.8 Å². The van der Waals surface area contributed by atoms with Gasteiger partial charge in [-0.15, -0.1) is 10.2 Å². The lowest BCUT2D eigenvalue weighted by Gasteiger charge is -2.20. The van der Waals surface area contributed by atoms with Gasteiger partial charge < -0.3 is 18.5 Å². The number of halogens is 1. The third kappa shape index (κ3) is 2.74. The first kappa shape index (κ1) is 14.8. The Hall–Kier alpha value is -2.80. The lowest BCUT2D eigenvalue weighted by Crippen LogP contribution is -2.20. The molecule has 0 bridgehead atoms. The summed E-state index contributed by atoms with van der Waals surface area (Å²) >= 11 is 6.24. The van der Waals surface area contributed by atoms with Crippen LogP contribution >= 0.6 is 11.6 Å². The Labute approximate surface area is 141 Å². The van der Waals surface area contributed by atoms with E-state index in [0.717, 1.165) is 5.56 Å². The first-order chi connectivity index (χ1) is 11.7. The van der Waals surface area contributed by atoms with Gasteiger partial charge in [0.1, 0.15) is 13.2 Å². The fraction of sp³-hybridized carbons (Fsp3) is 0.188. The monoisotopic (exact) mass is 345 g/mol. The number of aromatic nitrogens is 3. The van der Waals surface area contributed by atoms with E-state index in [4.69, 9.17) is 25.5 Å². The molecule has 24 heavy (non-hydrogen) atoms. The Bertz CT molecular complexity index is 937. The summed E-state index contributed by atoms with van der Waals surface area (Å²) in [5.74, 6) is 1.48. The second-order valence-corrected chi connectivity index (χ2v) is 5.64. The number of nitrogens with zero attached hydrogens (tertiary/aromatic N) is 3. The third-order valence-electron chi connectivity index (χ3n) is 3.60. The van der Waals surface area contributed by atoms with E-state index in [0.29, 0.717) is 47.7 Å². The molecule has 0 saturated heterocycles. The van der Waals surface area contributed by atoms with Gasteiger partial charge in [0, 0.05) is 12.3 Å². The third-order valence-corrected chi connectivity index (χ3v) is 3.88. The fourth-order valence-electron chi connectivity index (χ4n) is 2.53. The van der Waals surface area contributed by atoms with Crippen molar-refractivity contribution in [2.24, 2.45) is 0 Å². The topological polar surface area (TPSA) is 79.4 Å². The molecule has 122 valence electrons. The van der Waals surface area contributed by atoms with Gasteiger partial charge in [-0.3, -0.25) is 4.79 Å². The van der Waals surface area contributed by atoms with Crippen LogP contribution in [0.5, 0.6) is 11.5 Å². The molecule has 0 atom stereocenters. The van der Waals surface area contributed by atoms with Crippen LogP contribution in [0.15, 0.2) is 46.1 Å². The molecule has 1 aromatic carbocycles. The van der Waals surface area contributed by atoms with Gasteiger partial charge in [0.2, 0.25) is 12.3 Å². The van der Waals surface area contributed by atoms with Gasteiger partial charge in [0.25, 0.3) is 5.56 Å². The van der Waals surface area contributed by atoms with Gasteiger partial charge in [0.15, 0.2) is 11.5 Å². The molecule has 0 unspecified atom stereocenters. The molecule has 4 rings (SSSR count). The summed E-state index contributed by atoms with van der Waals surface area (Å²) in [6.07, 6.45) is 2.91. The highest BCUT2D eigenvalue weighted by molar-refractivity contribution is 6.32. The highest BCUT2D eigenvalue weighted by Gasteiger charge is 2.17. The maximum Gasteiger partial charge on any atom is 0.250 e. The number of ether oxygens (including phenoxy) is 2. The highest BCUT2D eigenvalue weighted by atomic mass is 35.5. The molecule has 3 aromatic rings. The molecule has 0 amide bonds. The summed E-state index contributed by atoms with van der Waals surface area (Å²) in [4.78, 5) is 12.1. The van der Waals surface area contributed by atoms with Crippen molar-refractivity contribution < 1.29 is 13.9 Å². The van der Waals surface area contributed by atoms with Crippen molar-refractivity contribution in [3.63, 3.8) is 0 Å². The summed E-state index contributed by atoms with van der Waals surface area (Å²) in [5, 5.41) is 7.95. The predicted octanol–water partition coefficient (Wildman–Crippen LogP) is 2.37. The summed E-state index contributed by atoms with van der Waals surface area (Å²) < 4.78 is 17.8. The SMILES string of the molecule is O=c1ccc(-c2nnco2)cn1Cc1cc(Cl)c2c(c1)OCCO2. The van der Waals surface area contributed by atoms with Crippen molar-refractivity contribution in [2.75, 3.05) is 13.2 Å². The van der Waals surface area contributed by atoms with Gasteiger partial charge in [0.05, 0.1) is 17.1 Å². The Morgan fingerprint density at radius 1 is 1.21 bits per heavy atom. The number of fused-ring (bicyclic) bond motifs is 1. The van der Waals surface area contributed by atoms with Crippen LogP contribution < -0.4 is 15.0 Å². The Kier molecular flexibility index (Phi) is 3.70. The molecule has 2 aromatic heterocycles. The Balaban J connectivity index is 1.69. The molecule has 8 heteroatoms. The van der Waals surface area contributed by atoms with Crippen LogP contribution in [0.25, 0.3) is 11.5 Å². The van der Waals surface area contributed by atoms with Crippen LogP contribution in [0, 0.1) is 0 Å². The van der Waals surface area contributed by atoms with E-state index in [1.165, 1.54) is 12.5 Å². The number of rotatable bonds is 3. The van der Waals surface area contributed by atoms with E-state index in [1.54, 1.807) is 22.9 Å². The molecule has 0 fully saturated rings. The van der Waals surface area contributed by atoms with E-state index in [1.807, 2.05) is 6.07 Å². The summed E-state index contributed by atoms with van der Waals surface area (Å²) in [7, 11) is 0. The molecule has 1 aliphatic heterocycles. The molecule has 0 N–H and O–H groups in total. The average molecular weight is 346 g/mol. The molecule has 1 aliphatic rings. The van der Waals surface area contributed by atoms with E-state index >= 15 is 0 Å². The number of hydrogen-bond acceptors (Lipinski definition) is 6. The van der Waals surface area contributed by atoms with E-state index in [2.05, 4.69) is 10.2 Å². The standard InChI is InChI=1S/C16H12ClN3O4/c17-12-5-10(6-13-15(12)23-4-3-22-13)7-20-8-11(1-2-14(20)21)16-19-18-9-24-16/h1-2,5-6,8-9H,3-4,7H2. The highest BCUT2D eigenvalue weighted by Crippen LogP contribution is 2.38. The van der Waals surface area contributed by atoms with Crippen LogP contribution in [0.3, 0.4) is 0 Å². The first-order valence-electron chi connectivity index (χ1n) is 7.26. The zero-order valence-corrected chi connectivity index (χ0v) is 13.2. The van der Waals surface area contributed by atoms with Crippen LogP contribution in [-0.4, -0.2) is 28.0 Å². The molecule has 0 radical (unpaired) electrons. The molecule has 0 spiro atoms. The summed E-state index contributed by atoms with van der Waals surface area (Å²) in [6, 6.07) is 6.69. The van der Waals surface area contributed by atoms with Gasteiger partial charge in [-0.1, -0.05) is 11.6 Å². The van der Waals surface area contributed by atoms with Crippen molar-refractivity contribution in [1.82, 2.24) is 14.8 Å². The maximum atomic E-state index is 12.1. The maximum absolute atomic E-state index is 12.1. The van der Waals surface area contributed by atoms with Gasteiger partial charge in [-0.25, -0.2) is 0 Å². The second-order valence-electron chi connectivity index (χ2n) is 5.23. The van der Waals surface area contributed by atoms with Crippen LogP contribution in [-0.2, 0) is 6.54 Å².